The molecule has 0 aliphatic rings. The van der Waals surface area contributed by atoms with E-state index in [1.165, 1.54) is 23.3 Å². The summed E-state index contributed by atoms with van der Waals surface area (Å²) in [5, 5.41) is 0. The molecule has 0 amide bonds. The molecule has 0 spiro atoms. The van der Waals surface area contributed by atoms with Gasteiger partial charge in [-0.15, -0.1) is 0 Å². The molecule has 0 saturated heterocycles. The summed E-state index contributed by atoms with van der Waals surface area (Å²) in [6.45, 7) is 4.46. The molecule has 2 aromatic rings. The maximum Gasteiger partial charge on any atom is 0.123 e. The fourth-order valence-electron chi connectivity index (χ4n) is 2.19. The first kappa shape index (κ1) is 12.8. The average Bonchev–Trinajstić information content (AvgIpc) is 2.34. The van der Waals surface area contributed by atoms with Gasteiger partial charge in [0.1, 0.15) is 5.82 Å². The number of hydrogen-bond acceptors (Lipinski definition) is 0. The van der Waals surface area contributed by atoms with E-state index in [2.05, 4.69) is 38.1 Å². The lowest BCUT2D eigenvalue weighted by molar-refractivity contribution is 0.627. The molecule has 0 saturated carbocycles. The average molecular weight is 242 g/mol. The Morgan fingerprint density at radius 1 is 0.889 bits per heavy atom. The van der Waals surface area contributed by atoms with E-state index in [9.17, 15) is 4.39 Å². The van der Waals surface area contributed by atoms with E-state index in [-0.39, 0.29) is 5.82 Å². The summed E-state index contributed by atoms with van der Waals surface area (Å²) in [5.74, 6) is 0.480. The second kappa shape index (κ2) is 5.81. The van der Waals surface area contributed by atoms with Crippen molar-refractivity contribution < 1.29 is 4.39 Å². The predicted molar refractivity (Wildman–Crippen MR) is 74.2 cm³/mol. The SMILES string of the molecule is CC(C)Cc1ccccc1Cc1ccc(F)cc1. The zero-order chi connectivity index (χ0) is 13.0. The van der Waals surface area contributed by atoms with Crippen LogP contribution in [-0.2, 0) is 12.8 Å². The molecular formula is C17H19F. The second-order valence-corrected chi connectivity index (χ2v) is 5.17. The summed E-state index contributed by atoms with van der Waals surface area (Å²) in [4.78, 5) is 0. The first-order valence-electron chi connectivity index (χ1n) is 6.46. The van der Waals surface area contributed by atoms with Gasteiger partial charge < -0.3 is 0 Å². The Kier molecular flexibility index (Phi) is 4.14. The molecule has 0 N–H and O–H groups in total. The topological polar surface area (TPSA) is 0 Å². The normalized spacial score (nSPS) is 10.9. The molecule has 1 heteroatoms. The van der Waals surface area contributed by atoms with Crippen LogP contribution in [0.3, 0.4) is 0 Å². The second-order valence-electron chi connectivity index (χ2n) is 5.17. The van der Waals surface area contributed by atoms with Gasteiger partial charge >= 0.3 is 0 Å². The van der Waals surface area contributed by atoms with Crippen LogP contribution in [-0.4, -0.2) is 0 Å². The largest absolute Gasteiger partial charge is 0.207 e. The fourth-order valence-corrected chi connectivity index (χ4v) is 2.19. The minimum atomic E-state index is -0.172. The smallest absolute Gasteiger partial charge is 0.123 e. The zero-order valence-electron chi connectivity index (χ0n) is 11.0. The third-order valence-corrected chi connectivity index (χ3v) is 3.05. The lowest BCUT2D eigenvalue weighted by atomic mass is 9.94. The summed E-state index contributed by atoms with van der Waals surface area (Å²) in [5.41, 5.74) is 3.90. The molecule has 94 valence electrons. The summed E-state index contributed by atoms with van der Waals surface area (Å²) >= 11 is 0. The van der Waals surface area contributed by atoms with Gasteiger partial charge in [0.15, 0.2) is 0 Å². The molecule has 0 nitrogen and oxygen atoms in total. The molecule has 0 atom stereocenters. The highest BCUT2D eigenvalue weighted by Gasteiger charge is 2.05. The molecule has 0 fully saturated rings. The maximum absolute atomic E-state index is 12.9. The van der Waals surface area contributed by atoms with Crippen LogP contribution in [0.25, 0.3) is 0 Å². The summed E-state index contributed by atoms with van der Waals surface area (Å²) in [6, 6.07) is 15.3. The van der Waals surface area contributed by atoms with Crippen LogP contribution in [0.2, 0.25) is 0 Å². The van der Waals surface area contributed by atoms with Crippen molar-refractivity contribution in [2.75, 3.05) is 0 Å². The third kappa shape index (κ3) is 3.43. The summed E-state index contributed by atoms with van der Waals surface area (Å²) in [7, 11) is 0. The van der Waals surface area contributed by atoms with Crippen molar-refractivity contribution in [3.05, 3.63) is 71.0 Å². The van der Waals surface area contributed by atoms with E-state index < -0.39 is 0 Å². The van der Waals surface area contributed by atoms with Crippen molar-refractivity contribution in [1.82, 2.24) is 0 Å². The van der Waals surface area contributed by atoms with Crippen LogP contribution < -0.4 is 0 Å². The Balaban J connectivity index is 2.20. The van der Waals surface area contributed by atoms with Gasteiger partial charge in [-0.1, -0.05) is 50.2 Å². The van der Waals surface area contributed by atoms with Crippen molar-refractivity contribution in [2.24, 2.45) is 5.92 Å². The number of halogens is 1. The highest BCUT2D eigenvalue weighted by Crippen LogP contribution is 2.18. The maximum atomic E-state index is 12.9. The van der Waals surface area contributed by atoms with Crippen molar-refractivity contribution >= 4 is 0 Å². The summed E-state index contributed by atoms with van der Waals surface area (Å²) in [6.07, 6.45) is 1.97. The molecule has 2 rings (SSSR count). The van der Waals surface area contributed by atoms with E-state index in [0.29, 0.717) is 5.92 Å². The Labute approximate surface area is 108 Å². The fraction of sp³-hybridized carbons (Fsp3) is 0.294. The first-order valence-corrected chi connectivity index (χ1v) is 6.46. The molecule has 2 aromatic carbocycles. The van der Waals surface area contributed by atoms with E-state index in [1.807, 2.05) is 12.1 Å². The molecular weight excluding hydrogens is 223 g/mol. The van der Waals surface area contributed by atoms with Gasteiger partial charge in [0.05, 0.1) is 0 Å². The molecule has 0 aliphatic heterocycles. The van der Waals surface area contributed by atoms with Gasteiger partial charge in [-0.2, -0.15) is 0 Å². The van der Waals surface area contributed by atoms with E-state index in [1.54, 1.807) is 0 Å². The molecule has 18 heavy (non-hydrogen) atoms. The lowest BCUT2D eigenvalue weighted by Gasteiger charge is -2.11. The van der Waals surface area contributed by atoms with Crippen LogP contribution in [0.15, 0.2) is 48.5 Å². The number of rotatable bonds is 4. The van der Waals surface area contributed by atoms with Gasteiger partial charge in [-0.25, -0.2) is 4.39 Å². The Morgan fingerprint density at radius 2 is 1.50 bits per heavy atom. The molecule has 0 heterocycles. The van der Waals surface area contributed by atoms with Crippen molar-refractivity contribution in [3.63, 3.8) is 0 Å². The lowest BCUT2D eigenvalue weighted by Crippen LogP contribution is -2.00. The van der Waals surface area contributed by atoms with E-state index in [0.717, 1.165) is 18.4 Å². The van der Waals surface area contributed by atoms with Crippen LogP contribution in [0.4, 0.5) is 4.39 Å². The van der Waals surface area contributed by atoms with Crippen molar-refractivity contribution in [3.8, 4) is 0 Å². The quantitative estimate of drug-likeness (QED) is 0.734. The molecule has 0 unspecified atom stereocenters. The van der Waals surface area contributed by atoms with Crippen molar-refractivity contribution in [1.29, 1.82) is 0 Å². The van der Waals surface area contributed by atoms with Crippen LogP contribution in [0, 0.1) is 11.7 Å². The Hall–Kier alpha value is -1.63. The van der Waals surface area contributed by atoms with Gasteiger partial charge in [0, 0.05) is 0 Å². The predicted octanol–water partition coefficient (Wildman–Crippen LogP) is 4.62. The van der Waals surface area contributed by atoms with Gasteiger partial charge in [0.2, 0.25) is 0 Å². The molecule has 0 bridgehead atoms. The first-order chi connectivity index (χ1) is 8.65. The third-order valence-electron chi connectivity index (χ3n) is 3.05. The minimum Gasteiger partial charge on any atom is -0.207 e. The van der Waals surface area contributed by atoms with Gasteiger partial charge in [0.25, 0.3) is 0 Å². The number of hydrogen-bond donors (Lipinski definition) is 0. The van der Waals surface area contributed by atoms with E-state index in [4.69, 9.17) is 0 Å². The summed E-state index contributed by atoms with van der Waals surface area (Å²) < 4.78 is 12.9. The Bertz CT molecular complexity index is 497. The Morgan fingerprint density at radius 3 is 2.11 bits per heavy atom. The molecule has 0 aliphatic carbocycles. The zero-order valence-corrected chi connectivity index (χ0v) is 11.0. The van der Waals surface area contributed by atoms with E-state index >= 15 is 0 Å². The highest BCUT2D eigenvalue weighted by molar-refractivity contribution is 5.33. The highest BCUT2D eigenvalue weighted by atomic mass is 19.1. The van der Waals surface area contributed by atoms with Crippen molar-refractivity contribution in [2.45, 2.75) is 26.7 Å². The van der Waals surface area contributed by atoms with Crippen LogP contribution in [0.5, 0.6) is 0 Å². The molecule has 0 radical (unpaired) electrons. The number of benzene rings is 2. The van der Waals surface area contributed by atoms with Gasteiger partial charge in [-0.05, 0) is 47.6 Å². The molecule has 0 aromatic heterocycles. The monoisotopic (exact) mass is 242 g/mol. The minimum absolute atomic E-state index is 0.172. The van der Waals surface area contributed by atoms with Gasteiger partial charge in [-0.3, -0.25) is 0 Å². The van der Waals surface area contributed by atoms with Crippen LogP contribution >= 0.6 is 0 Å². The standard InChI is InChI=1S/C17H19F/c1-13(2)11-15-5-3-4-6-16(15)12-14-7-9-17(18)10-8-14/h3-10,13H,11-12H2,1-2H3. The van der Waals surface area contributed by atoms with Crippen LogP contribution in [0.1, 0.15) is 30.5 Å².